The normalized spacial score (nSPS) is 16.0. The average molecular weight is 413 g/mol. The summed E-state index contributed by atoms with van der Waals surface area (Å²) in [7, 11) is 0. The van der Waals surface area contributed by atoms with Gasteiger partial charge in [0.2, 0.25) is 5.91 Å². The van der Waals surface area contributed by atoms with Gasteiger partial charge in [-0.15, -0.1) is 11.3 Å². The van der Waals surface area contributed by atoms with E-state index in [0.717, 1.165) is 33.1 Å². The first kappa shape index (κ1) is 18.5. The third-order valence-electron chi connectivity index (χ3n) is 5.22. The highest BCUT2D eigenvalue weighted by Gasteiger charge is 2.34. The average Bonchev–Trinajstić information content (AvgIpc) is 3.53. The number of carbonyl (C=O) groups excluding carboxylic acids is 1. The predicted molar refractivity (Wildman–Crippen MR) is 120 cm³/mol. The maximum absolute atomic E-state index is 12.5. The van der Waals surface area contributed by atoms with Gasteiger partial charge in [-0.05, 0) is 29.1 Å². The zero-order valence-corrected chi connectivity index (χ0v) is 17.3. The van der Waals surface area contributed by atoms with E-state index in [0.29, 0.717) is 6.42 Å². The molecule has 5 nitrogen and oxygen atoms in total. The molecule has 0 spiro atoms. The molecule has 0 saturated carbocycles. The highest BCUT2D eigenvalue weighted by atomic mass is 32.1. The van der Waals surface area contributed by atoms with E-state index in [2.05, 4.69) is 11.2 Å². The van der Waals surface area contributed by atoms with Crippen molar-refractivity contribution in [1.82, 2.24) is 14.8 Å². The maximum Gasteiger partial charge on any atom is 0.240 e. The molecule has 0 N–H and O–H groups in total. The fraction of sp³-hybridized carbons (Fsp3) is 0.125. The fourth-order valence-corrected chi connectivity index (χ4v) is 4.53. The van der Waals surface area contributed by atoms with Gasteiger partial charge in [-0.3, -0.25) is 4.79 Å². The highest BCUT2D eigenvalue weighted by molar-refractivity contribution is 7.13. The minimum atomic E-state index is -0.188. The zero-order chi connectivity index (χ0) is 20.5. The van der Waals surface area contributed by atoms with Gasteiger partial charge < -0.3 is 0 Å². The molecule has 1 aliphatic rings. The second kappa shape index (κ2) is 7.72. The minimum absolute atomic E-state index is 0.0736. The van der Waals surface area contributed by atoms with Crippen molar-refractivity contribution in [1.29, 1.82) is 0 Å². The van der Waals surface area contributed by atoms with Gasteiger partial charge in [0.15, 0.2) is 0 Å². The lowest BCUT2D eigenvalue weighted by Crippen LogP contribution is -2.24. The van der Waals surface area contributed by atoms with E-state index in [9.17, 15) is 4.79 Å². The molecule has 3 heterocycles. The standard InChI is InChI=1S/C24H20N4OS/c1-17(29)28-22(15-21(25-28)18-9-4-2-5-10-18)20-16-27(19-11-6-3-7-12-19)26-24(20)23-13-8-14-30-23/h2-14,16,22H,15H2,1H3/t22-/m1/s1. The Balaban J connectivity index is 1.60. The molecule has 6 heteroatoms. The van der Waals surface area contributed by atoms with Crippen LogP contribution in [0.15, 0.2) is 89.5 Å². The molecular formula is C24H20N4OS. The van der Waals surface area contributed by atoms with Crippen molar-refractivity contribution in [2.75, 3.05) is 0 Å². The molecule has 0 aliphatic carbocycles. The number of carbonyl (C=O) groups is 1. The third kappa shape index (κ3) is 3.35. The van der Waals surface area contributed by atoms with Crippen LogP contribution in [0.5, 0.6) is 0 Å². The van der Waals surface area contributed by atoms with Crippen LogP contribution in [-0.2, 0) is 4.79 Å². The first-order valence-electron chi connectivity index (χ1n) is 9.82. The largest absolute Gasteiger partial charge is 0.273 e. The van der Waals surface area contributed by atoms with Crippen LogP contribution in [0.4, 0.5) is 0 Å². The Hall–Kier alpha value is -3.51. The van der Waals surface area contributed by atoms with Crippen molar-refractivity contribution in [2.24, 2.45) is 5.10 Å². The molecule has 30 heavy (non-hydrogen) atoms. The van der Waals surface area contributed by atoms with E-state index in [1.165, 1.54) is 0 Å². The van der Waals surface area contributed by atoms with E-state index >= 15 is 0 Å². The summed E-state index contributed by atoms with van der Waals surface area (Å²) in [6.45, 7) is 1.57. The van der Waals surface area contributed by atoms with Crippen LogP contribution < -0.4 is 0 Å². The number of hydrogen-bond acceptors (Lipinski definition) is 4. The van der Waals surface area contributed by atoms with Crippen LogP contribution in [0.2, 0.25) is 0 Å². The Labute approximate surface area is 178 Å². The molecule has 0 radical (unpaired) electrons. The first-order valence-corrected chi connectivity index (χ1v) is 10.7. The highest BCUT2D eigenvalue weighted by Crippen LogP contribution is 2.39. The fourth-order valence-electron chi connectivity index (χ4n) is 3.80. The number of para-hydroxylation sites is 1. The van der Waals surface area contributed by atoms with Crippen LogP contribution in [0, 0.1) is 0 Å². The summed E-state index contributed by atoms with van der Waals surface area (Å²) >= 11 is 1.65. The molecule has 0 unspecified atom stereocenters. The van der Waals surface area contributed by atoms with Gasteiger partial charge >= 0.3 is 0 Å². The Morgan fingerprint density at radius 1 is 1.00 bits per heavy atom. The molecular weight excluding hydrogens is 392 g/mol. The molecule has 1 amide bonds. The van der Waals surface area contributed by atoms with E-state index in [1.54, 1.807) is 23.3 Å². The summed E-state index contributed by atoms with van der Waals surface area (Å²) in [6.07, 6.45) is 2.69. The van der Waals surface area contributed by atoms with Crippen molar-refractivity contribution in [3.8, 4) is 16.3 Å². The summed E-state index contributed by atoms with van der Waals surface area (Å²) < 4.78 is 1.89. The van der Waals surface area contributed by atoms with Crippen LogP contribution in [0.3, 0.4) is 0 Å². The molecule has 2 aromatic heterocycles. The smallest absolute Gasteiger partial charge is 0.240 e. The number of aromatic nitrogens is 2. The topological polar surface area (TPSA) is 50.5 Å². The Bertz CT molecular complexity index is 1200. The van der Waals surface area contributed by atoms with E-state index in [-0.39, 0.29) is 11.9 Å². The SMILES string of the molecule is CC(=O)N1N=C(c2ccccc2)C[C@@H]1c1cn(-c2ccccc2)nc1-c1cccs1. The Kier molecular flexibility index (Phi) is 4.77. The number of nitrogens with zero attached hydrogens (tertiary/aromatic N) is 4. The number of amides is 1. The Morgan fingerprint density at radius 3 is 2.40 bits per heavy atom. The Morgan fingerprint density at radius 2 is 1.73 bits per heavy atom. The lowest BCUT2D eigenvalue weighted by atomic mass is 9.98. The lowest BCUT2D eigenvalue weighted by Gasteiger charge is -2.19. The molecule has 2 aromatic carbocycles. The van der Waals surface area contributed by atoms with Gasteiger partial charge in [0.05, 0.1) is 22.3 Å². The minimum Gasteiger partial charge on any atom is -0.273 e. The summed E-state index contributed by atoms with van der Waals surface area (Å²) in [5.41, 5.74) is 4.85. The van der Waals surface area contributed by atoms with Crippen LogP contribution >= 0.6 is 11.3 Å². The molecule has 148 valence electrons. The van der Waals surface area contributed by atoms with Gasteiger partial charge in [-0.2, -0.15) is 10.2 Å². The van der Waals surface area contributed by atoms with Crippen molar-refractivity contribution in [3.63, 3.8) is 0 Å². The van der Waals surface area contributed by atoms with Gasteiger partial charge in [0.25, 0.3) is 0 Å². The van der Waals surface area contributed by atoms with E-state index < -0.39 is 0 Å². The van der Waals surface area contributed by atoms with Crippen molar-refractivity contribution in [2.45, 2.75) is 19.4 Å². The molecule has 4 aromatic rings. The summed E-state index contributed by atoms with van der Waals surface area (Å²) in [5, 5.41) is 13.2. The second-order valence-corrected chi connectivity index (χ2v) is 8.13. The monoisotopic (exact) mass is 412 g/mol. The summed E-state index contributed by atoms with van der Waals surface area (Å²) in [4.78, 5) is 13.6. The van der Waals surface area contributed by atoms with Crippen molar-refractivity contribution in [3.05, 3.63) is 95.5 Å². The number of hydrogen-bond donors (Lipinski definition) is 0. The summed E-state index contributed by atoms with van der Waals surface area (Å²) in [5.74, 6) is -0.0736. The number of rotatable bonds is 4. The molecule has 0 fully saturated rings. The lowest BCUT2D eigenvalue weighted by molar-refractivity contribution is -0.130. The van der Waals surface area contributed by atoms with E-state index in [4.69, 9.17) is 5.10 Å². The van der Waals surface area contributed by atoms with Crippen LogP contribution in [-0.4, -0.2) is 26.4 Å². The van der Waals surface area contributed by atoms with Crippen molar-refractivity contribution < 1.29 is 4.79 Å². The third-order valence-corrected chi connectivity index (χ3v) is 6.09. The molecule has 1 aliphatic heterocycles. The predicted octanol–water partition coefficient (Wildman–Crippen LogP) is 5.30. The summed E-state index contributed by atoms with van der Waals surface area (Å²) in [6, 6.07) is 24.0. The second-order valence-electron chi connectivity index (χ2n) is 7.19. The number of hydrazone groups is 1. The van der Waals surface area contributed by atoms with Gasteiger partial charge in [0.1, 0.15) is 5.69 Å². The maximum atomic E-state index is 12.5. The molecule has 0 saturated heterocycles. The molecule has 0 bridgehead atoms. The van der Waals surface area contributed by atoms with Crippen LogP contribution in [0.1, 0.15) is 30.5 Å². The van der Waals surface area contributed by atoms with Crippen LogP contribution in [0.25, 0.3) is 16.3 Å². The number of thiophene rings is 1. The number of benzene rings is 2. The zero-order valence-electron chi connectivity index (χ0n) is 16.5. The van der Waals surface area contributed by atoms with Gasteiger partial charge in [-0.1, -0.05) is 54.6 Å². The van der Waals surface area contributed by atoms with E-state index in [1.807, 2.05) is 83.0 Å². The van der Waals surface area contributed by atoms with Gasteiger partial charge in [-0.25, -0.2) is 9.69 Å². The first-order chi connectivity index (χ1) is 14.7. The molecule has 1 atom stereocenters. The quantitative estimate of drug-likeness (QED) is 0.457. The van der Waals surface area contributed by atoms with Gasteiger partial charge in [0, 0.05) is 25.1 Å². The molecule has 5 rings (SSSR count). The van der Waals surface area contributed by atoms with Crippen molar-refractivity contribution >= 4 is 23.0 Å².